The molecule has 2 amide bonds. The Bertz CT molecular complexity index is 1590. The second-order valence-electron chi connectivity index (χ2n) is 9.93. The van der Waals surface area contributed by atoms with Crippen molar-refractivity contribution in [2.75, 3.05) is 18.4 Å². The first-order valence-corrected chi connectivity index (χ1v) is 13.3. The van der Waals surface area contributed by atoms with E-state index in [4.69, 9.17) is 10.5 Å². The van der Waals surface area contributed by atoms with Gasteiger partial charge in [0.2, 0.25) is 0 Å². The molecule has 5 rings (SSSR count). The Balaban J connectivity index is 1.08. The van der Waals surface area contributed by atoms with Gasteiger partial charge in [-0.15, -0.1) is 0 Å². The smallest absolute Gasteiger partial charge is 0.270 e. The summed E-state index contributed by atoms with van der Waals surface area (Å²) in [5, 5.41) is 28.1. The van der Waals surface area contributed by atoms with Crippen molar-refractivity contribution < 1.29 is 9.59 Å². The van der Waals surface area contributed by atoms with Crippen molar-refractivity contribution >= 4 is 17.6 Å². The summed E-state index contributed by atoms with van der Waals surface area (Å²) >= 11 is 0. The van der Waals surface area contributed by atoms with Gasteiger partial charge in [0.1, 0.15) is 5.69 Å². The zero-order valence-corrected chi connectivity index (χ0v) is 22.3. The van der Waals surface area contributed by atoms with Gasteiger partial charge in [-0.3, -0.25) is 24.2 Å². The van der Waals surface area contributed by atoms with E-state index in [0.29, 0.717) is 29.1 Å². The summed E-state index contributed by atoms with van der Waals surface area (Å²) in [5.74, 6) is -0.234. The van der Waals surface area contributed by atoms with E-state index in [9.17, 15) is 9.59 Å². The van der Waals surface area contributed by atoms with E-state index in [-0.39, 0.29) is 23.6 Å². The summed E-state index contributed by atoms with van der Waals surface area (Å²) in [6.07, 6.45) is 4.82. The maximum atomic E-state index is 12.8. The number of rotatable bonds is 8. The number of hydrogen-bond acceptors (Lipinski definition) is 7. The standard InChI is InChI=1S/C31H28N8O2/c32-17-22-1-5-24(6-2-22)20-38-14-11-27(12-15-38)35-31(41)28-10-9-26(19-34-28)30(40)36-29-13-16-39(37-29)21-25-7-3-23(18-33)4-8-25/h1-10,13,16,19,27H,11-12,14-15,20-21H2,(H,35,41)(H,36,37,40). The van der Waals surface area contributed by atoms with Crippen molar-refractivity contribution in [2.45, 2.75) is 32.0 Å². The molecule has 3 heterocycles. The molecular weight excluding hydrogens is 516 g/mol. The van der Waals surface area contributed by atoms with Crippen LogP contribution in [0.1, 0.15) is 55.9 Å². The maximum absolute atomic E-state index is 12.8. The lowest BCUT2D eigenvalue weighted by Gasteiger charge is -2.32. The third-order valence-electron chi connectivity index (χ3n) is 6.98. The van der Waals surface area contributed by atoms with Crippen molar-refractivity contribution in [3.63, 3.8) is 0 Å². The van der Waals surface area contributed by atoms with Gasteiger partial charge in [0, 0.05) is 44.1 Å². The van der Waals surface area contributed by atoms with Crippen molar-refractivity contribution in [1.29, 1.82) is 10.5 Å². The Hall–Kier alpha value is -5.32. The van der Waals surface area contributed by atoms with Gasteiger partial charge >= 0.3 is 0 Å². The van der Waals surface area contributed by atoms with Crippen LogP contribution in [0.2, 0.25) is 0 Å². The quantitative estimate of drug-likeness (QED) is 0.345. The molecular formula is C31H28N8O2. The number of nitriles is 2. The van der Waals surface area contributed by atoms with Gasteiger partial charge in [-0.25, -0.2) is 0 Å². The molecule has 0 atom stereocenters. The summed E-state index contributed by atoms with van der Waals surface area (Å²) in [5.41, 5.74) is 3.97. The van der Waals surface area contributed by atoms with Crippen LogP contribution in [-0.4, -0.2) is 50.6 Å². The fourth-order valence-electron chi connectivity index (χ4n) is 4.68. The van der Waals surface area contributed by atoms with Crippen molar-refractivity contribution in [3.8, 4) is 12.1 Å². The Kier molecular flexibility index (Phi) is 8.43. The maximum Gasteiger partial charge on any atom is 0.270 e. The number of aromatic nitrogens is 3. The molecule has 0 bridgehead atoms. The Morgan fingerprint density at radius 2 is 1.46 bits per heavy atom. The normalized spacial score (nSPS) is 13.6. The first-order valence-electron chi connectivity index (χ1n) is 13.3. The minimum atomic E-state index is -0.372. The number of amides is 2. The molecule has 2 aromatic heterocycles. The summed E-state index contributed by atoms with van der Waals surface area (Å²) in [6.45, 7) is 3.04. The number of anilines is 1. The van der Waals surface area contributed by atoms with Crippen LogP contribution in [-0.2, 0) is 13.1 Å². The molecule has 0 aliphatic carbocycles. The Morgan fingerprint density at radius 1 is 0.829 bits per heavy atom. The van der Waals surface area contributed by atoms with Gasteiger partial charge in [-0.05, 0) is 60.4 Å². The monoisotopic (exact) mass is 544 g/mol. The molecule has 0 radical (unpaired) electrons. The molecule has 2 aromatic carbocycles. The molecule has 41 heavy (non-hydrogen) atoms. The Morgan fingerprint density at radius 3 is 2.05 bits per heavy atom. The van der Waals surface area contributed by atoms with Crippen LogP contribution in [0.25, 0.3) is 0 Å². The van der Waals surface area contributed by atoms with Crippen LogP contribution in [0.4, 0.5) is 5.82 Å². The number of likely N-dealkylation sites (tertiary alicyclic amines) is 1. The van der Waals surface area contributed by atoms with Gasteiger partial charge in [-0.1, -0.05) is 24.3 Å². The molecule has 204 valence electrons. The predicted molar refractivity (Wildman–Crippen MR) is 152 cm³/mol. The van der Waals surface area contributed by atoms with Gasteiger partial charge in [0.25, 0.3) is 11.8 Å². The Labute approximate surface area is 237 Å². The average Bonchev–Trinajstić information content (AvgIpc) is 3.45. The summed E-state index contributed by atoms with van der Waals surface area (Å²) in [6, 6.07) is 24.0. The van der Waals surface area contributed by atoms with E-state index in [1.54, 1.807) is 41.2 Å². The molecule has 1 saturated heterocycles. The topological polar surface area (TPSA) is 140 Å². The van der Waals surface area contributed by atoms with Crippen LogP contribution in [0, 0.1) is 22.7 Å². The molecule has 0 unspecified atom stereocenters. The lowest BCUT2D eigenvalue weighted by molar-refractivity contribution is 0.0902. The zero-order chi connectivity index (χ0) is 28.6. The number of nitrogens with zero attached hydrogens (tertiary/aromatic N) is 6. The molecule has 0 saturated carbocycles. The molecule has 1 aliphatic rings. The van der Waals surface area contributed by atoms with E-state index in [0.717, 1.165) is 43.6 Å². The second kappa shape index (κ2) is 12.7. The van der Waals surface area contributed by atoms with Crippen LogP contribution >= 0.6 is 0 Å². The first-order chi connectivity index (χ1) is 20.0. The molecule has 1 fully saturated rings. The average molecular weight is 545 g/mol. The molecule has 2 N–H and O–H groups in total. The minimum absolute atomic E-state index is 0.0592. The van der Waals surface area contributed by atoms with Crippen molar-refractivity contribution in [3.05, 3.63) is 113 Å². The first kappa shape index (κ1) is 27.3. The van der Waals surface area contributed by atoms with Crippen LogP contribution < -0.4 is 10.6 Å². The van der Waals surface area contributed by atoms with Crippen LogP contribution in [0.5, 0.6) is 0 Å². The third kappa shape index (κ3) is 7.21. The van der Waals surface area contributed by atoms with Gasteiger partial charge in [-0.2, -0.15) is 15.6 Å². The van der Waals surface area contributed by atoms with Gasteiger partial charge < -0.3 is 10.6 Å². The molecule has 0 spiro atoms. The minimum Gasteiger partial charge on any atom is -0.348 e. The number of nitrogens with one attached hydrogen (secondary N) is 2. The van der Waals surface area contributed by atoms with E-state index in [1.165, 1.54) is 6.20 Å². The highest BCUT2D eigenvalue weighted by Gasteiger charge is 2.22. The number of benzene rings is 2. The fraction of sp³-hybridized carbons (Fsp3) is 0.226. The fourth-order valence-corrected chi connectivity index (χ4v) is 4.68. The number of hydrogen-bond donors (Lipinski definition) is 2. The van der Waals surface area contributed by atoms with Gasteiger partial charge in [0.05, 0.1) is 35.4 Å². The number of carbonyl (C=O) groups is 2. The molecule has 10 heteroatoms. The lowest BCUT2D eigenvalue weighted by atomic mass is 10.0. The highest BCUT2D eigenvalue weighted by molar-refractivity contribution is 6.04. The van der Waals surface area contributed by atoms with Crippen molar-refractivity contribution in [2.24, 2.45) is 0 Å². The second-order valence-corrected chi connectivity index (χ2v) is 9.93. The molecule has 1 aliphatic heterocycles. The summed E-state index contributed by atoms with van der Waals surface area (Å²) in [7, 11) is 0. The van der Waals surface area contributed by atoms with E-state index >= 15 is 0 Å². The number of pyridine rings is 1. The number of piperidine rings is 1. The molecule has 4 aromatic rings. The summed E-state index contributed by atoms with van der Waals surface area (Å²) < 4.78 is 1.69. The van der Waals surface area contributed by atoms with Crippen molar-refractivity contribution in [1.82, 2.24) is 25.0 Å². The number of carbonyl (C=O) groups excluding carboxylic acids is 2. The van der Waals surface area contributed by atoms with Crippen LogP contribution in [0.15, 0.2) is 79.1 Å². The van der Waals surface area contributed by atoms with Crippen LogP contribution in [0.3, 0.4) is 0 Å². The zero-order valence-electron chi connectivity index (χ0n) is 22.3. The largest absolute Gasteiger partial charge is 0.348 e. The lowest BCUT2D eigenvalue weighted by Crippen LogP contribution is -2.44. The van der Waals surface area contributed by atoms with E-state index < -0.39 is 0 Å². The SMILES string of the molecule is N#Cc1ccc(CN2CCC(NC(=O)c3ccc(C(=O)Nc4ccn(Cc5ccc(C#N)cc5)n4)cn3)CC2)cc1. The predicted octanol–water partition coefficient (Wildman–Crippen LogP) is 3.72. The summed E-state index contributed by atoms with van der Waals surface area (Å²) in [4.78, 5) is 32.0. The highest BCUT2D eigenvalue weighted by atomic mass is 16.2. The third-order valence-corrected chi connectivity index (χ3v) is 6.98. The van der Waals surface area contributed by atoms with E-state index in [2.05, 4.69) is 37.8 Å². The van der Waals surface area contributed by atoms with E-state index in [1.807, 2.05) is 36.4 Å². The highest BCUT2D eigenvalue weighted by Crippen LogP contribution is 2.15. The van der Waals surface area contributed by atoms with Gasteiger partial charge in [0.15, 0.2) is 5.82 Å². The molecule has 10 nitrogen and oxygen atoms in total.